The number of nitrogens with zero attached hydrogens (tertiary/aromatic N) is 1. The third kappa shape index (κ3) is 3.80. The molecule has 1 aliphatic rings. The average molecular weight is 351 g/mol. The maximum atomic E-state index is 13.7. The van der Waals surface area contributed by atoms with Crippen LogP contribution in [0, 0.1) is 0 Å². The molecule has 0 aliphatic carbocycles. The van der Waals surface area contributed by atoms with E-state index in [1.807, 2.05) is 4.98 Å². The first-order valence-corrected chi connectivity index (χ1v) is 7.39. The van der Waals surface area contributed by atoms with Crippen molar-refractivity contribution in [2.24, 2.45) is 0 Å². The fourth-order valence-corrected chi connectivity index (χ4v) is 2.56. The number of aromatic amines is 1. The van der Waals surface area contributed by atoms with E-state index in [1.165, 1.54) is 6.92 Å². The maximum Gasteiger partial charge on any atom is 0.330 e. The van der Waals surface area contributed by atoms with E-state index in [9.17, 15) is 23.9 Å². The van der Waals surface area contributed by atoms with Crippen molar-refractivity contribution >= 4 is 17.6 Å². The topological polar surface area (TPSA) is 111 Å². The number of carbonyl (C=O) groups is 1. The first-order valence-electron chi connectivity index (χ1n) is 6.86. The number of rotatable bonds is 5. The summed E-state index contributed by atoms with van der Waals surface area (Å²) < 4.78 is 25.2. The van der Waals surface area contributed by atoms with Crippen molar-refractivity contribution in [3.05, 3.63) is 32.6 Å². The van der Waals surface area contributed by atoms with Crippen molar-refractivity contribution < 1.29 is 23.8 Å². The van der Waals surface area contributed by atoms with Gasteiger partial charge in [0.1, 0.15) is 24.6 Å². The monoisotopic (exact) mass is 350 g/mol. The highest BCUT2D eigenvalue weighted by atomic mass is 35.5. The SMILES string of the molecule is CC(=O)O[C@H]1C[C@H](n2cc(C(F)CCl)c(=O)[nH]c2=O)O[C@@H]1CO. The molecular formula is C13H16ClFN2O6. The summed E-state index contributed by atoms with van der Waals surface area (Å²) in [6.45, 7) is 0.785. The molecule has 23 heavy (non-hydrogen) atoms. The van der Waals surface area contributed by atoms with Gasteiger partial charge in [0, 0.05) is 19.5 Å². The Morgan fingerprint density at radius 2 is 2.35 bits per heavy atom. The van der Waals surface area contributed by atoms with Crippen LogP contribution in [-0.4, -0.2) is 45.3 Å². The van der Waals surface area contributed by atoms with Crippen LogP contribution in [0.3, 0.4) is 0 Å². The summed E-state index contributed by atoms with van der Waals surface area (Å²) >= 11 is 5.40. The van der Waals surface area contributed by atoms with Gasteiger partial charge in [-0.05, 0) is 0 Å². The van der Waals surface area contributed by atoms with Crippen molar-refractivity contribution in [1.82, 2.24) is 9.55 Å². The van der Waals surface area contributed by atoms with Gasteiger partial charge in [0.2, 0.25) is 0 Å². The van der Waals surface area contributed by atoms with Gasteiger partial charge in [0.15, 0.2) is 0 Å². The summed E-state index contributed by atoms with van der Waals surface area (Å²) in [6.07, 6.45) is -3.12. The lowest BCUT2D eigenvalue weighted by Crippen LogP contribution is -2.35. The zero-order chi connectivity index (χ0) is 17.1. The highest BCUT2D eigenvalue weighted by molar-refractivity contribution is 6.18. The predicted octanol–water partition coefficient (Wildman–Crippen LogP) is -0.00250. The number of hydrogen-bond donors (Lipinski definition) is 2. The maximum absolute atomic E-state index is 13.7. The van der Waals surface area contributed by atoms with Crippen molar-refractivity contribution in [2.75, 3.05) is 12.5 Å². The number of halogens is 2. The largest absolute Gasteiger partial charge is 0.460 e. The molecule has 1 fully saturated rings. The molecule has 8 nitrogen and oxygen atoms in total. The van der Waals surface area contributed by atoms with E-state index in [-0.39, 0.29) is 12.0 Å². The number of alkyl halides is 2. The normalized spacial score (nSPS) is 25.3. The fourth-order valence-electron chi connectivity index (χ4n) is 2.39. The fraction of sp³-hybridized carbons (Fsp3) is 0.615. The summed E-state index contributed by atoms with van der Waals surface area (Å²) in [5.74, 6) is -1.000. The second kappa shape index (κ2) is 7.24. The Morgan fingerprint density at radius 1 is 1.65 bits per heavy atom. The Balaban J connectivity index is 2.33. The van der Waals surface area contributed by atoms with Gasteiger partial charge >= 0.3 is 11.7 Å². The Labute approximate surface area is 134 Å². The number of hydrogen-bond acceptors (Lipinski definition) is 6. The molecule has 0 spiro atoms. The first kappa shape index (κ1) is 17.6. The quantitative estimate of drug-likeness (QED) is 0.571. The second-order valence-corrected chi connectivity index (χ2v) is 5.38. The molecule has 1 unspecified atom stereocenters. The summed E-state index contributed by atoms with van der Waals surface area (Å²) in [5, 5.41) is 9.27. The highest BCUT2D eigenvalue weighted by Gasteiger charge is 2.38. The smallest absolute Gasteiger partial charge is 0.330 e. The van der Waals surface area contributed by atoms with Gasteiger partial charge in [0.05, 0.1) is 18.1 Å². The minimum absolute atomic E-state index is 0.0774. The molecule has 0 bridgehead atoms. The van der Waals surface area contributed by atoms with Gasteiger partial charge in [-0.3, -0.25) is 19.1 Å². The van der Waals surface area contributed by atoms with Crippen LogP contribution in [0.2, 0.25) is 0 Å². The van der Waals surface area contributed by atoms with Gasteiger partial charge in [-0.25, -0.2) is 9.18 Å². The molecule has 1 aromatic rings. The van der Waals surface area contributed by atoms with Crippen LogP contribution < -0.4 is 11.2 Å². The summed E-state index contributed by atoms with van der Waals surface area (Å²) in [6, 6.07) is 0. The van der Waals surface area contributed by atoms with Crippen molar-refractivity contribution in [3.8, 4) is 0 Å². The van der Waals surface area contributed by atoms with Crippen LogP contribution in [-0.2, 0) is 14.3 Å². The molecule has 10 heteroatoms. The molecule has 2 rings (SSSR count). The van der Waals surface area contributed by atoms with Crippen molar-refractivity contribution in [1.29, 1.82) is 0 Å². The number of carbonyl (C=O) groups excluding carboxylic acids is 1. The molecule has 1 saturated heterocycles. The van der Waals surface area contributed by atoms with Crippen LogP contribution in [0.4, 0.5) is 4.39 Å². The molecule has 2 N–H and O–H groups in total. The summed E-state index contributed by atoms with van der Waals surface area (Å²) in [4.78, 5) is 36.6. The summed E-state index contributed by atoms with van der Waals surface area (Å²) in [5.41, 5.74) is -1.97. The number of aromatic nitrogens is 2. The lowest BCUT2D eigenvalue weighted by atomic mass is 10.2. The second-order valence-electron chi connectivity index (χ2n) is 5.07. The Morgan fingerprint density at radius 3 is 2.91 bits per heavy atom. The number of aliphatic hydroxyl groups is 1. The van der Waals surface area contributed by atoms with Gasteiger partial charge < -0.3 is 14.6 Å². The molecular weight excluding hydrogens is 335 g/mol. The minimum atomic E-state index is -1.74. The lowest BCUT2D eigenvalue weighted by molar-refractivity contribution is -0.150. The zero-order valence-corrected chi connectivity index (χ0v) is 13.0. The van der Waals surface area contributed by atoms with Gasteiger partial charge in [-0.1, -0.05) is 0 Å². The molecule has 0 radical (unpaired) electrons. The van der Waals surface area contributed by atoms with Crippen LogP contribution in [0.1, 0.15) is 31.3 Å². The number of nitrogens with one attached hydrogen (secondary N) is 1. The zero-order valence-electron chi connectivity index (χ0n) is 12.2. The lowest BCUT2D eigenvalue weighted by Gasteiger charge is -2.16. The standard InChI is InChI=1S/C13H16ClFN2O6/c1-6(19)22-9-2-11(23-10(9)5-18)17-4-7(8(15)3-14)12(20)16-13(17)21/h4,8-11,18H,2-3,5H2,1H3,(H,16,20,21)/t8?,9-,10+,11+/m0/s1. The van der Waals surface area contributed by atoms with Crippen molar-refractivity contribution in [3.63, 3.8) is 0 Å². The van der Waals surface area contributed by atoms with E-state index in [1.54, 1.807) is 0 Å². The van der Waals surface area contributed by atoms with Crippen LogP contribution in [0.5, 0.6) is 0 Å². The molecule has 1 aromatic heterocycles. The Kier molecular flexibility index (Phi) is 5.55. The van der Waals surface area contributed by atoms with E-state index in [0.29, 0.717) is 0 Å². The van der Waals surface area contributed by atoms with Crippen LogP contribution in [0.15, 0.2) is 15.8 Å². The van der Waals surface area contributed by atoms with E-state index >= 15 is 0 Å². The van der Waals surface area contributed by atoms with E-state index in [0.717, 1.165) is 10.8 Å². The Hall–Kier alpha value is -1.71. The van der Waals surface area contributed by atoms with E-state index in [4.69, 9.17) is 21.1 Å². The third-order valence-corrected chi connectivity index (χ3v) is 3.73. The molecule has 2 heterocycles. The minimum Gasteiger partial charge on any atom is -0.460 e. The van der Waals surface area contributed by atoms with Gasteiger partial charge in [-0.15, -0.1) is 11.6 Å². The van der Waals surface area contributed by atoms with Crippen LogP contribution in [0.25, 0.3) is 0 Å². The number of aliphatic hydroxyl groups excluding tert-OH is 1. The Bertz CT molecular complexity index is 690. The predicted molar refractivity (Wildman–Crippen MR) is 77.1 cm³/mol. The van der Waals surface area contributed by atoms with Crippen molar-refractivity contribution in [2.45, 2.75) is 38.0 Å². The van der Waals surface area contributed by atoms with E-state index in [2.05, 4.69) is 0 Å². The van der Waals surface area contributed by atoms with Gasteiger partial charge in [0.25, 0.3) is 5.56 Å². The number of ether oxygens (including phenoxy) is 2. The first-order chi connectivity index (χ1) is 10.9. The van der Waals surface area contributed by atoms with Crippen LogP contribution >= 0.6 is 11.6 Å². The third-order valence-electron chi connectivity index (χ3n) is 3.46. The number of esters is 1. The molecule has 0 amide bonds. The average Bonchev–Trinajstić information content (AvgIpc) is 2.88. The molecule has 1 aliphatic heterocycles. The highest BCUT2D eigenvalue weighted by Crippen LogP contribution is 2.30. The van der Waals surface area contributed by atoms with Gasteiger partial charge in [-0.2, -0.15) is 0 Å². The molecule has 0 saturated carbocycles. The molecule has 4 atom stereocenters. The number of H-pyrrole nitrogens is 1. The summed E-state index contributed by atoms with van der Waals surface area (Å²) in [7, 11) is 0. The molecule has 0 aromatic carbocycles. The van der Waals surface area contributed by atoms with E-state index < -0.39 is 54.3 Å². The molecule has 128 valence electrons.